The van der Waals surface area contributed by atoms with Crippen LogP contribution in [0.2, 0.25) is 0 Å². The number of morpholine rings is 1. The summed E-state index contributed by atoms with van der Waals surface area (Å²) in [5.74, 6) is 2.46. The second kappa shape index (κ2) is 12.4. The largest absolute Gasteiger partial charge is 0.492 e. The van der Waals surface area contributed by atoms with Gasteiger partial charge in [0.15, 0.2) is 0 Å². The molecule has 3 rings (SSSR count). The second-order valence-corrected chi connectivity index (χ2v) is 10.4. The van der Waals surface area contributed by atoms with Gasteiger partial charge in [-0.1, -0.05) is 39.0 Å². The Bertz CT molecular complexity index is 871. The van der Waals surface area contributed by atoms with Crippen LogP contribution in [0.25, 0.3) is 0 Å². The Hall–Kier alpha value is -1.31. The number of aliphatic hydroxyl groups excluding tert-OH is 1. The summed E-state index contributed by atoms with van der Waals surface area (Å²) in [6.45, 7) is 11.1. The van der Waals surface area contributed by atoms with Gasteiger partial charge in [0.05, 0.1) is 24.3 Å². The molecule has 2 aromatic carbocycles. The van der Waals surface area contributed by atoms with Crippen molar-refractivity contribution in [1.82, 2.24) is 4.90 Å². The van der Waals surface area contributed by atoms with Crippen LogP contribution in [0.5, 0.6) is 11.5 Å². The molecule has 2 atom stereocenters. The van der Waals surface area contributed by atoms with Gasteiger partial charge in [-0.2, -0.15) is 0 Å². The van der Waals surface area contributed by atoms with Crippen molar-refractivity contribution in [2.75, 3.05) is 51.9 Å². The number of alkyl halides is 1. The minimum Gasteiger partial charge on any atom is -0.492 e. The van der Waals surface area contributed by atoms with Gasteiger partial charge in [-0.3, -0.25) is 4.90 Å². The summed E-state index contributed by atoms with van der Waals surface area (Å²) < 4.78 is 18.0. The summed E-state index contributed by atoms with van der Waals surface area (Å²) in [4.78, 5) is 2.20. The van der Waals surface area contributed by atoms with Crippen LogP contribution in [-0.4, -0.2) is 68.1 Å². The van der Waals surface area contributed by atoms with Gasteiger partial charge in [0.1, 0.15) is 24.2 Å². The van der Waals surface area contributed by atoms with Gasteiger partial charge in [-0.25, -0.2) is 0 Å². The molecule has 0 amide bonds. The normalized spacial score (nSPS) is 16.9. The molecule has 7 heteroatoms. The molecule has 1 fully saturated rings. The van der Waals surface area contributed by atoms with Crippen LogP contribution in [0, 0.1) is 5.92 Å². The first-order chi connectivity index (χ1) is 15.8. The lowest BCUT2D eigenvalue weighted by molar-refractivity contribution is 0.00465. The Morgan fingerprint density at radius 1 is 1.06 bits per heavy atom. The standard InChI is InChI=1S/C26H35BrClNO4/c1-19(15-28)17-33-25-9-6-21(14-24(25)27)26(2,3)20-4-7-23(8-5-20)32-18-22(30)16-29-10-12-31-13-11-29/h4-9,14,19,22,30H,10-13,15-18H2,1-3H3/t19-,22-/m1/s1. The van der Waals surface area contributed by atoms with E-state index in [1.54, 1.807) is 0 Å². The lowest BCUT2D eigenvalue weighted by atomic mass is 9.78. The third kappa shape index (κ3) is 7.59. The second-order valence-electron chi connectivity index (χ2n) is 9.24. The van der Waals surface area contributed by atoms with Gasteiger partial charge in [0.25, 0.3) is 0 Å². The fraction of sp³-hybridized carbons (Fsp3) is 0.538. The number of β-amino-alcohol motifs (C(OH)–C–C–N with tert-alkyl or cyclic N) is 1. The molecular formula is C26H35BrClNO4. The molecule has 0 aromatic heterocycles. The van der Waals surface area contributed by atoms with Crippen molar-refractivity contribution >= 4 is 27.5 Å². The Morgan fingerprint density at radius 2 is 1.73 bits per heavy atom. The maximum Gasteiger partial charge on any atom is 0.133 e. The molecule has 5 nitrogen and oxygen atoms in total. The molecule has 0 saturated carbocycles. The van der Waals surface area contributed by atoms with E-state index in [4.69, 9.17) is 25.8 Å². The number of hydrogen-bond donors (Lipinski definition) is 1. The molecule has 1 N–H and O–H groups in total. The Labute approximate surface area is 211 Å². The number of halogens is 2. The van der Waals surface area contributed by atoms with Gasteiger partial charge < -0.3 is 19.3 Å². The Morgan fingerprint density at radius 3 is 2.36 bits per heavy atom. The van der Waals surface area contributed by atoms with E-state index < -0.39 is 6.10 Å². The first-order valence-electron chi connectivity index (χ1n) is 11.5. The van der Waals surface area contributed by atoms with Crippen LogP contribution in [0.4, 0.5) is 0 Å². The lowest BCUT2D eigenvalue weighted by Gasteiger charge is -2.28. The molecule has 0 aliphatic carbocycles. The van der Waals surface area contributed by atoms with Crippen molar-refractivity contribution in [2.24, 2.45) is 5.92 Å². The van der Waals surface area contributed by atoms with Crippen molar-refractivity contribution in [2.45, 2.75) is 32.3 Å². The zero-order valence-corrected chi connectivity index (χ0v) is 22.1. The SMILES string of the molecule is C[C@H](CCl)COc1ccc(C(C)(C)c2ccc(OC[C@H](O)CN3CCOCC3)cc2)cc1Br. The van der Waals surface area contributed by atoms with E-state index in [0.717, 1.165) is 42.3 Å². The quantitative estimate of drug-likeness (QED) is 0.402. The van der Waals surface area contributed by atoms with Crippen LogP contribution in [0.3, 0.4) is 0 Å². The van der Waals surface area contributed by atoms with Crippen molar-refractivity contribution in [1.29, 1.82) is 0 Å². The van der Waals surface area contributed by atoms with E-state index in [1.807, 2.05) is 18.2 Å². The predicted molar refractivity (Wildman–Crippen MR) is 137 cm³/mol. The highest BCUT2D eigenvalue weighted by atomic mass is 79.9. The highest BCUT2D eigenvalue weighted by Gasteiger charge is 2.24. The molecule has 0 radical (unpaired) electrons. The number of benzene rings is 2. The predicted octanol–water partition coefficient (Wildman–Crippen LogP) is 5.10. The molecular weight excluding hydrogens is 506 g/mol. The highest BCUT2D eigenvalue weighted by molar-refractivity contribution is 9.10. The summed E-state index contributed by atoms with van der Waals surface area (Å²) in [6, 6.07) is 14.4. The molecule has 1 aliphatic heterocycles. The number of hydrogen-bond acceptors (Lipinski definition) is 5. The maximum atomic E-state index is 10.3. The maximum absolute atomic E-state index is 10.3. The minimum atomic E-state index is -0.523. The van der Waals surface area contributed by atoms with Crippen molar-refractivity contribution in [3.8, 4) is 11.5 Å². The fourth-order valence-corrected chi connectivity index (χ4v) is 4.33. The van der Waals surface area contributed by atoms with Gasteiger partial charge in [-0.05, 0) is 51.3 Å². The number of ether oxygens (including phenoxy) is 3. The zero-order chi connectivity index (χ0) is 23.8. The summed E-state index contributed by atoms with van der Waals surface area (Å²) >= 11 is 9.53. The molecule has 0 unspecified atom stereocenters. The monoisotopic (exact) mass is 539 g/mol. The molecule has 1 aliphatic rings. The van der Waals surface area contributed by atoms with Crippen LogP contribution >= 0.6 is 27.5 Å². The third-order valence-electron chi connectivity index (χ3n) is 6.03. The molecule has 1 saturated heterocycles. The van der Waals surface area contributed by atoms with E-state index in [0.29, 0.717) is 24.9 Å². The van der Waals surface area contributed by atoms with Gasteiger partial charge in [0, 0.05) is 36.8 Å². The minimum absolute atomic E-state index is 0.196. The first kappa shape index (κ1) is 26.3. The summed E-state index contributed by atoms with van der Waals surface area (Å²) in [5.41, 5.74) is 2.17. The third-order valence-corrected chi connectivity index (χ3v) is 7.18. The van der Waals surface area contributed by atoms with Crippen LogP contribution in [0.1, 0.15) is 31.9 Å². The number of aliphatic hydroxyl groups is 1. The van der Waals surface area contributed by atoms with Crippen molar-refractivity contribution in [3.05, 3.63) is 58.1 Å². The highest BCUT2D eigenvalue weighted by Crippen LogP contribution is 2.36. The Kier molecular flexibility index (Phi) is 9.89. The van der Waals surface area contributed by atoms with Crippen LogP contribution in [0.15, 0.2) is 46.9 Å². The fourth-order valence-electron chi connectivity index (χ4n) is 3.74. The van der Waals surface area contributed by atoms with E-state index in [-0.39, 0.29) is 12.0 Å². The summed E-state index contributed by atoms with van der Waals surface area (Å²) in [5, 5.41) is 10.3. The van der Waals surface area contributed by atoms with Gasteiger partial charge >= 0.3 is 0 Å². The lowest BCUT2D eigenvalue weighted by Crippen LogP contribution is -2.42. The molecule has 182 valence electrons. The van der Waals surface area contributed by atoms with Gasteiger partial charge in [-0.15, -0.1) is 11.6 Å². The van der Waals surface area contributed by atoms with E-state index >= 15 is 0 Å². The first-order valence-corrected chi connectivity index (χ1v) is 12.8. The molecule has 0 bridgehead atoms. The van der Waals surface area contributed by atoms with E-state index in [2.05, 4.69) is 65.9 Å². The summed E-state index contributed by atoms with van der Waals surface area (Å²) in [7, 11) is 0. The van der Waals surface area contributed by atoms with Gasteiger partial charge in [0.2, 0.25) is 0 Å². The molecule has 33 heavy (non-hydrogen) atoms. The average Bonchev–Trinajstić information content (AvgIpc) is 2.82. The van der Waals surface area contributed by atoms with Crippen molar-refractivity contribution in [3.63, 3.8) is 0 Å². The summed E-state index contributed by atoms with van der Waals surface area (Å²) in [6.07, 6.45) is -0.523. The van der Waals surface area contributed by atoms with E-state index in [9.17, 15) is 5.11 Å². The average molecular weight is 541 g/mol. The topological polar surface area (TPSA) is 51.2 Å². The number of nitrogens with zero attached hydrogens (tertiary/aromatic N) is 1. The van der Waals surface area contributed by atoms with E-state index in [1.165, 1.54) is 11.1 Å². The van der Waals surface area contributed by atoms with Crippen molar-refractivity contribution < 1.29 is 19.3 Å². The van der Waals surface area contributed by atoms with Crippen LogP contribution < -0.4 is 9.47 Å². The Balaban J connectivity index is 1.57. The number of rotatable bonds is 11. The van der Waals surface area contributed by atoms with Crippen LogP contribution in [-0.2, 0) is 10.2 Å². The zero-order valence-electron chi connectivity index (χ0n) is 19.7. The molecule has 0 spiro atoms. The molecule has 2 aromatic rings. The smallest absolute Gasteiger partial charge is 0.133 e. The molecule has 1 heterocycles.